The number of nitrogen functional groups attached to an aromatic ring is 1. The van der Waals surface area contributed by atoms with Crippen LogP contribution in [-0.2, 0) is 4.74 Å². The Morgan fingerprint density at radius 2 is 2.35 bits per heavy atom. The highest BCUT2D eigenvalue weighted by molar-refractivity contribution is 7.15. The number of nitrogens with two attached hydrogens (primary N) is 1. The molecule has 3 N–H and O–H groups in total. The van der Waals surface area contributed by atoms with E-state index in [0.29, 0.717) is 24.1 Å². The third-order valence-corrected chi connectivity index (χ3v) is 5.74. The van der Waals surface area contributed by atoms with Gasteiger partial charge in [-0.05, 0) is 37.7 Å². The number of anilines is 2. The standard InChI is InChI=1S/C13H16N4OS2/c1-6-5-19-12(15-6)10-11(14)17-20-13(10)16-8-4-7-2-3-9(8)18-7/h5,7-9,16H,2-4H2,1H3,(H2,14,17). The summed E-state index contributed by atoms with van der Waals surface area (Å²) in [5.41, 5.74) is 8.00. The molecule has 2 aliphatic heterocycles. The molecule has 3 unspecified atom stereocenters. The molecule has 2 saturated heterocycles. The van der Waals surface area contributed by atoms with Gasteiger partial charge in [-0.3, -0.25) is 0 Å². The Balaban J connectivity index is 1.62. The van der Waals surface area contributed by atoms with Gasteiger partial charge in [-0.2, -0.15) is 4.37 Å². The topological polar surface area (TPSA) is 73.1 Å². The monoisotopic (exact) mass is 308 g/mol. The van der Waals surface area contributed by atoms with Crippen LogP contribution < -0.4 is 11.1 Å². The van der Waals surface area contributed by atoms with Gasteiger partial charge in [0, 0.05) is 11.1 Å². The van der Waals surface area contributed by atoms with Crippen LogP contribution >= 0.6 is 22.9 Å². The highest BCUT2D eigenvalue weighted by atomic mass is 32.1. The number of hydrogen-bond acceptors (Lipinski definition) is 7. The van der Waals surface area contributed by atoms with Crippen LogP contribution in [0.2, 0.25) is 0 Å². The van der Waals surface area contributed by atoms with Gasteiger partial charge in [0.05, 0.1) is 23.8 Å². The minimum atomic E-state index is 0.342. The van der Waals surface area contributed by atoms with Crippen LogP contribution in [0.15, 0.2) is 5.38 Å². The van der Waals surface area contributed by atoms with E-state index in [-0.39, 0.29) is 0 Å². The van der Waals surface area contributed by atoms with E-state index in [4.69, 9.17) is 10.5 Å². The Kier molecular flexibility index (Phi) is 2.94. The summed E-state index contributed by atoms with van der Waals surface area (Å²) in [6, 6.07) is 0.383. The number of rotatable bonds is 3. The van der Waals surface area contributed by atoms with Crippen LogP contribution in [0.4, 0.5) is 10.8 Å². The first-order valence-electron chi connectivity index (χ1n) is 6.80. The molecule has 2 fully saturated rings. The highest BCUT2D eigenvalue weighted by Gasteiger charge is 2.41. The predicted octanol–water partition coefficient (Wildman–Crippen LogP) is 2.89. The number of ether oxygens (including phenoxy) is 1. The molecule has 2 aromatic heterocycles. The zero-order valence-electron chi connectivity index (χ0n) is 11.1. The first-order valence-corrected chi connectivity index (χ1v) is 8.45. The van der Waals surface area contributed by atoms with Crippen LogP contribution in [0.25, 0.3) is 10.6 Å². The molecule has 7 heteroatoms. The SMILES string of the molecule is Cc1csc(-c2c(N)nsc2NC2CC3CCC2O3)n1. The fraction of sp³-hybridized carbons (Fsp3) is 0.538. The van der Waals surface area contributed by atoms with Crippen molar-refractivity contribution in [3.8, 4) is 10.6 Å². The number of aryl methyl sites for hydroxylation is 1. The molecule has 0 amide bonds. The number of hydrogen-bond donors (Lipinski definition) is 2. The van der Waals surface area contributed by atoms with E-state index >= 15 is 0 Å². The van der Waals surface area contributed by atoms with Gasteiger partial charge in [0.15, 0.2) is 0 Å². The Morgan fingerprint density at radius 1 is 1.45 bits per heavy atom. The predicted molar refractivity (Wildman–Crippen MR) is 82.3 cm³/mol. The molecule has 2 bridgehead atoms. The van der Waals surface area contributed by atoms with E-state index in [1.807, 2.05) is 12.3 Å². The average Bonchev–Trinajstić information content (AvgIpc) is 3.16. The van der Waals surface area contributed by atoms with Crippen molar-refractivity contribution in [2.75, 3.05) is 11.1 Å². The Hall–Kier alpha value is -1.18. The molecule has 3 atom stereocenters. The maximum Gasteiger partial charge on any atom is 0.149 e. The maximum absolute atomic E-state index is 6.03. The molecule has 0 radical (unpaired) electrons. The average molecular weight is 308 g/mol. The van der Waals surface area contributed by atoms with Crippen molar-refractivity contribution in [3.05, 3.63) is 11.1 Å². The summed E-state index contributed by atoms with van der Waals surface area (Å²) in [4.78, 5) is 4.53. The summed E-state index contributed by atoms with van der Waals surface area (Å²) in [5.74, 6) is 0.566. The summed E-state index contributed by atoms with van der Waals surface area (Å²) >= 11 is 3.03. The van der Waals surface area contributed by atoms with Crippen molar-refractivity contribution in [3.63, 3.8) is 0 Å². The molecule has 2 aliphatic rings. The first kappa shape index (κ1) is 12.6. The Labute approximate surface area is 125 Å². The molecule has 0 saturated carbocycles. The van der Waals surface area contributed by atoms with Gasteiger partial charge in [-0.15, -0.1) is 11.3 Å². The fourth-order valence-corrected chi connectivity index (χ4v) is 4.73. The molecule has 2 aromatic rings. The second-order valence-electron chi connectivity index (χ2n) is 5.43. The smallest absolute Gasteiger partial charge is 0.149 e. The molecule has 5 nitrogen and oxygen atoms in total. The number of thiazole rings is 1. The number of aromatic nitrogens is 2. The molecule has 0 aliphatic carbocycles. The van der Waals surface area contributed by atoms with Gasteiger partial charge in [-0.1, -0.05) is 0 Å². The van der Waals surface area contributed by atoms with E-state index in [1.54, 1.807) is 11.3 Å². The van der Waals surface area contributed by atoms with Crippen LogP contribution in [0, 0.1) is 6.92 Å². The molecular formula is C13H16N4OS2. The third kappa shape index (κ3) is 2.01. The molecular weight excluding hydrogens is 292 g/mol. The summed E-state index contributed by atoms with van der Waals surface area (Å²) in [6.45, 7) is 1.99. The van der Waals surface area contributed by atoms with E-state index < -0.39 is 0 Å². The lowest BCUT2D eigenvalue weighted by atomic mass is 9.95. The maximum atomic E-state index is 6.03. The van der Waals surface area contributed by atoms with Gasteiger partial charge in [0.1, 0.15) is 15.8 Å². The lowest BCUT2D eigenvalue weighted by Crippen LogP contribution is -2.30. The van der Waals surface area contributed by atoms with Gasteiger partial charge < -0.3 is 15.8 Å². The van der Waals surface area contributed by atoms with E-state index in [1.165, 1.54) is 18.0 Å². The normalized spacial score (nSPS) is 28.1. The van der Waals surface area contributed by atoms with Crippen molar-refractivity contribution in [2.45, 2.75) is 44.4 Å². The minimum Gasteiger partial charge on any atom is -0.382 e. The number of nitrogens with one attached hydrogen (secondary N) is 1. The highest BCUT2D eigenvalue weighted by Crippen LogP contribution is 2.42. The lowest BCUT2D eigenvalue weighted by molar-refractivity contribution is 0.102. The molecule has 0 aromatic carbocycles. The summed E-state index contributed by atoms with van der Waals surface area (Å²) in [7, 11) is 0. The van der Waals surface area contributed by atoms with Crippen LogP contribution in [0.3, 0.4) is 0 Å². The van der Waals surface area contributed by atoms with Crippen molar-refractivity contribution in [2.24, 2.45) is 0 Å². The zero-order valence-corrected chi connectivity index (χ0v) is 12.8. The second kappa shape index (κ2) is 4.68. The van der Waals surface area contributed by atoms with Crippen molar-refractivity contribution in [1.29, 1.82) is 0 Å². The quantitative estimate of drug-likeness (QED) is 0.912. The Bertz CT molecular complexity index is 638. The first-order chi connectivity index (χ1) is 9.70. The van der Waals surface area contributed by atoms with Crippen LogP contribution in [0.1, 0.15) is 25.0 Å². The van der Waals surface area contributed by atoms with Crippen LogP contribution in [0.5, 0.6) is 0 Å². The van der Waals surface area contributed by atoms with E-state index in [0.717, 1.165) is 34.1 Å². The number of fused-ring (bicyclic) bond motifs is 2. The van der Waals surface area contributed by atoms with Crippen molar-refractivity contribution in [1.82, 2.24) is 9.36 Å². The second-order valence-corrected chi connectivity index (χ2v) is 7.06. The third-order valence-electron chi connectivity index (χ3n) is 3.97. The van der Waals surface area contributed by atoms with E-state index in [2.05, 4.69) is 14.7 Å². The molecule has 4 heterocycles. The summed E-state index contributed by atoms with van der Waals surface area (Å²) in [5, 5.41) is 7.60. The minimum absolute atomic E-state index is 0.342. The lowest BCUT2D eigenvalue weighted by Gasteiger charge is -2.20. The molecule has 106 valence electrons. The van der Waals surface area contributed by atoms with Crippen LogP contribution in [-0.4, -0.2) is 27.6 Å². The largest absolute Gasteiger partial charge is 0.382 e. The van der Waals surface area contributed by atoms with Gasteiger partial charge in [0.25, 0.3) is 0 Å². The van der Waals surface area contributed by atoms with Gasteiger partial charge >= 0.3 is 0 Å². The fourth-order valence-electron chi connectivity index (χ4n) is 3.03. The summed E-state index contributed by atoms with van der Waals surface area (Å²) in [6.07, 6.45) is 4.22. The molecule has 20 heavy (non-hydrogen) atoms. The molecule has 0 spiro atoms. The van der Waals surface area contributed by atoms with Crippen molar-refractivity contribution < 1.29 is 4.74 Å². The number of nitrogens with zero attached hydrogens (tertiary/aromatic N) is 2. The van der Waals surface area contributed by atoms with Crippen molar-refractivity contribution >= 4 is 33.7 Å². The van der Waals surface area contributed by atoms with Gasteiger partial charge in [-0.25, -0.2) is 4.98 Å². The zero-order chi connectivity index (χ0) is 13.7. The van der Waals surface area contributed by atoms with E-state index in [9.17, 15) is 0 Å². The van der Waals surface area contributed by atoms with Gasteiger partial charge in [0.2, 0.25) is 0 Å². The molecule has 4 rings (SSSR count). The Morgan fingerprint density at radius 3 is 3.00 bits per heavy atom. The summed E-state index contributed by atoms with van der Waals surface area (Å²) < 4.78 is 10.2.